The topological polar surface area (TPSA) is 61.8 Å². The minimum atomic E-state index is -0.204. The van der Waals surface area contributed by atoms with E-state index >= 15 is 0 Å². The van der Waals surface area contributed by atoms with Gasteiger partial charge in [-0.25, -0.2) is 0 Å². The molecule has 1 heterocycles. The summed E-state index contributed by atoms with van der Waals surface area (Å²) in [4.78, 5) is 24.8. The second-order valence-corrected chi connectivity index (χ2v) is 6.45. The zero-order chi connectivity index (χ0) is 20.2. The summed E-state index contributed by atoms with van der Waals surface area (Å²) in [6.07, 6.45) is 1.65. The minimum absolute atomic E-state index is 0.0648. The fourth-order valence-corrected chi connectivity index (χ4v) is 3.00. The summed E-state index contributed by atoms with van der Waals surface area (Å²) < 4.78 is 16.5. The molecule has 0 amide bonds. The molecule has 1 aliphatic heterocycles. The van der Waals surface area contributed by atoms with Crippen molar-refractivity contribution in [2.45, 2.75) is 0 Å². The molecule has 0 fully saturated rings. The first kappa shape index (κ1) is 18.5. The van der Waals surface area contributed by atoms with Crippen molar-refractivity contribution in [3.8, 4) is 17.2 Å². The number of ether oxygens (including phenoxy) is 3. The molecule has 5 heteroatoms. The summed E-state index contributed by atoms with van der Waals surface area (Å²) in [6.45, 7) is -0.0648. The van der Waals surface area contributed by atoms with Crippen LogP contribution in [0.15, 0.2) is 78.6 Å². The molecule has 0 atom stereocenters. The van der Waals surface area contributed by atoms with Crippen LogP contribution >= 0.6 is 0 Å². The van der Waals surface area contributed by atoms with Gasteiger partial charge in [0.05, 0.1) is 12.7 Å². The molecule has 0 N–H and O–H groups in total. The van der Waals surface area contributed by atoms with Crippen molar-refractivity contribution in [3.63, 3.8) is 0 Å². The Morgan fingerprint density at radius 2 is 1.79 bits per heavy atom. The van der Waals surface area contributed by atoms with E-state index in [1.165, 1.54) is 0 Å². The normalized spacial score (nSPS) is 13.7. The fourth-order valence-electron chi connectivity index (χ4n) is 3.00. The van der Waals surface area contributed by atoms with Gasteiger partial charge in [0.15, 0.2) is 18.1 Å². The molecule has 0 aromatic heterocycles. The van der Waals surface area contributed by atoms with Gasteiger partial charge in [0.1, 0.15) is 17.2 Å². The highest BCUT2D eigenvalue weighted by Gasteiger charge is 2.27. The van der Waals surface area contributed by atoms with Crippen molar-refractivity contribution in [1.29, 1.82) is 0 Å². The average Bonchev–Trinajstić information content (AvgIpc) is 3.07. The average molecular weight is 386 g/mol. The van der Waals surface area contributed by atoms with E-state index in [1.807, 2.05) is 24.3 Å². The Morgan fingerprint density at radius 3 is 2.59 bits per heavy atom. The van der Waals surface area contributed by atoms with Crippen molar-refractivity contribution >= 4 is 17.6 Å². The molecule has 0 saturated carbocycles. The molecule has 0 aliphatic carbocycles. The lowest BCUT2D eigenvalue weighted by atomic mass is 10.1. The SMILES string of the molecule is COc1ccc2c(c1)C(=O)/C(=C/c1cccc(OCC(=O)c3ccccc3)c1)O2. The van der Waals surface area contributed by atoms with Gasteiger partial charge in [0.25, 0.3) is 0 Å². The van der Waals surface area contributed by atoms with Crippen LogP contribution in [0, 0.1) is 0 Å². The van der Waals surface area contributed by atoms with Crippen molar-refractivity contribution in [3.05, 3.63) is 95.2 Å². The lowest BCUT2D eigenvalue weighted by Crippen LogP contribution is -2.11. The van der Waals surface area contributed by atoms with Crippen LogP contribution in [0.2, 0.25) is 0 Å². The first-order valence-corrected chi connectivity index (χ1v) is 9.07. The van der Waals surface area contributed by atoms with Crippen LogP contribution in [-0.4, -0.2) is 25.3 Å². The number of allylic oxidation sites excluding steroid dienone is 1. The second kappa shape index (κ2) is 8.02. The van der Waals surface area contributed by atoms with Crippen molar-refractivity contribution in [1.82, 2.24) is 0 Å². The molecule has 144 valence electrons. The predicted octanol–water partition coefficient (Wildman–Crippen LogP) is 4.57. The molecular formula is C24H18O5. The molecule has 3 aromatic rings. The Morgan fingerprint density at radius 1 is 0.966 bits per heavy atom. The highest BCUT2D eigenvalue weighted by Crippen LogP contribution is 2.34. The van der Waals surface area contributed by atoms with Crippen LogP contribution in [-0.2, 0) is 0 Å². The van der Waals surface area contributed by atoms with Crippen molar-refractivity contribution < 1.29 is 23.8 Å². The number of carbonyl (C=O) groups is 2. The molecule has 0 unspecified atom stereocenters. The number of benzene rings is 3. The second-order valence-electron chi connectivity index (χ2n) is 6.45. The lowest BCUT2D eigenvalue weighted by molar-refractivity contribution is 0.0921. The van der Waals surface area contributed by atoms with Gasteiger partial charge >= 0.3 is 0 Å². The maximum atomic E-state index is 12.6. The van der Waals surface area contributed by atoms with E-state index in [9.17, 15) is 9.59 Å². The van der Waals surface area contributed by atoms with Crippen LogP contribution in [0.25, 0.3) is 6.08 Å². The first-order chi connectivity index (χ1) is 14.1. The molecule has 0 saturated heterocycles. The van der Waals surface area contributed by atoms with Gasteiger partial charge in [-0.15, -0.1) is 0 Å². The van der Waals surface area contributed by atoms with Crippen LogP contribution in [0.3, 0.4) is 0 Å². The molecule has 5 nitrogen and oxygen atoms in total. The summed E-state index contributed by atoms with van der Waals surface area (Å²) in [7, 11) is 1.55. The van der Waals surface area contributed by atoms with E-state index in [2.05, 4.69) is 0 Å². The highest BCUT2D eigenvalue weighted by atomic mass is 16.5. The standard InChI is InChI=1S/C24H18O5/c1-27-18-10-11-22-20(14-18)24(26)23(29-22)13-16-6-5-9-19(12-16)28-15-21(25)17-7-3-2-4-8-17/h2-14H,15H2,1H3/b23-13-. The third-order valence-electron chi connectivity index (χ3n) is 4.50. The first-order valence-electron chi connectivity index (χ1n) is 9.07. The summed E-state index contributed by atoms with van der Waals surface area (Å²) >= 11 is 0. The van der Waals surface area contributed by atoms with Gasteiger partial charge in [0.2, 0.25) is 5.78 Å². The Balaban J connectivity index is 1.48. The molecule has 29 heavy (non-hydrogen) atoms. The number of fused-ring (bicyclic) bond motifs is 1. The molecule has 0 spiro atoms. The van der Waals surface area contributed by atoms with E-state index in [4.69, 9.17) is 14.2 Å². The summed E-state index contributed by atoms with van der Waals surface area (Å²) in [5.41, 5.74) is 1.80. The maximum absolute atomic E-state index is 12.6. The van der Waals surface area contributed by atoms with E-state index < -0.39 is 0 Å². The third-order valence-corrected chi connectivity index (χ3v) is 4.50. The number of methoxy groups -OCH3 is 1. The Bertz CT molecular complexity index is 1100. The number of Topliss-reactive ketones (excluding diaryl/α,β-unsaturated/α-hetero) is 2. The number of rotatable bonds is 6. The molecule has 3 aromatic carbocycles. The largest absolute Gasteiger partial charge is 0.497 e. The van der Waals surface area contributed by atoms with Crippen LogP contribution in [0.1, 0.15) is 26.3 Å². The molecular weight excluding hydrogens is 368 g/mol. The van der Waals surface area contributed by atoms with E-state index in [0.29, 0.717) is 28.4 Å². The van der Waals surface area contributed by atoms with Gasteiger partial charge in [0, 0.05) is 5.56 Å². The third kappa shape index (κ3) is 4.04. The van der Waals surface area contributed by atoms with Crippen molar-refractivity contribution in [2.24, 2.45) is 0 Å². The van der Waals surface area contributed by atoms with Gasteiger partial charge in [-0.05, 0) is 42.0 Å². The quantitative estimate of drug-likeness (QED) is 0.459. The van der Waals surface area contributed by atoms with Crippen LogP contribution < -0.4 is 14.2 Å². The van der Waals surface area contributed by atoms with E-state index in [1.54, 1.807) is 61.7 Å². The van der Waals surface area contributed by atoms with Gasteiger partial charge in [-0.1, -0.05) is 42.5 Å². The molecule has 1 aliphatic rings. The Labute approximate surface area is 168 Å². The Kier molecular flexibility index (Phi) is 5.12. The highest BCUT2D eigenvalue weighted by molar-refractivity contribution is 6.14. The van der Waals surface area contributed by atoms with E-state index in [-0.39, 0.29) is 23.9 Å². The van der Waals surface area contributed by atoms with Gasteiger partial charge < -0.3 is 14.2 Å². The zero-order valence-electron chi connectivity index (χ0n) is 15.8. The predicted molar refractivity (Wildman–Crippen MR) is 109 cm³/mol. The monoisotopic (exact) mass is 386 g/mol. The number of carbonyl (C=O) groups excluding carboxylic acids is 2. The van der Waals surface area contributed by atoms with Crippen LogP contribution in [0.4, 0.5) is 0 Å². The minimum Gasteiger partial charge on any atom is -0.497 e. The summed E-state index contributed by atoms with van der Waals surface area (Å²) in [5.74, 6) is 1.56. The van der Waals surface area contributed by atoms with Gasteiger partial charge in [-0.2, -0.15) is 0 Å². The van der Waals surface area contributed by atoms with Gasteiger partial charge in [-0.3, -0.25) is 9.59 Å². The Hall–Kier alpha value is -3.86. The smallest absolute Gasteiger partial charge is 0.232 e. The lowest BCUT2D eigenvalue weighted by Gasteiger charge is -2.06. The summed E-state index contributed by atoms with van der Waals surface area (Å²) in [5, 5.41) is 0. The number of hydrogen-bond acceptors (Lipinski definition) is 5. The fraction of sp³-hybridized carbons (Fsp3) is 0.0833. The molecule has 0 radical (unpaired) electrons. The summed E-state index contributed by atoms with van der Waals surface area (Å²) in [6, 6.07) is 21.2. The maximum Gasteiger partial charge on any atom is 0.232 e. The zero-order valence-corrected chi connectivity index (χ0v) is 15.8. The number of hydrogen-bond donors (Lipinski definition) is 0. The van der Waals surface area contributed by atoms with Crippen molar-refractivity contribution in [2.75, 3.05) is 13.7 Å². The molecule has 0 bridgehead atoms. The number of ketones is 2. The molecule has 4 rings (SSSR count). The van der Waals surface area contributed by atoms with E-state index in [0.717, 1.165) is 5.56 Å². The van der Waals surface area contributed by atoms with Crippen LogP contribution in [0.5, 0.6) is 17.2 Å².